The van der Waals surface area contributed by atoms with Gasteiger partial charge in [0.25, 0.3) is 0 Å². The van der Waals surface area contributed by atoms with Gasteiger partial charge in [-0.1, -0.05) is 12.1 Å². The van der Waals surface area contributed by atoms with Gasteiger partial charge in [-0.05, 0) is 24.6 Å². The molecule has 1 fully saturated rings. The predicted molar refractivity (Wildman–Crippen MR) is 80.9 cm³/mol. The van der Waals surface area contributed by atoms with E-state index in [1.54, 1.807) is 0 Å². The van der Waals surface area contributed by atoms with Gasteiger partial charge in [-0.3, -0.25) is 0 Å². The Kier molecular flexibility index (Phi) is 6.45. The number of quaternary nitrogens is 2. The lowest BCUT2D eigenvalue weighted by Gasteiger charge is -2.30. The molecule has 1 aliphatic rings. The van der Waals surface area contributed by atoms with E-state index in [1.807, 2.05) is 31.2 Å². The number of aryl methyl sites for hydroxylation is 1. The first-order chi connectivity index (χ1) is 10.2. The van der Waals surface area contributed by atoms with E-state index in [2.05, 4.69) is 0 Å². The highest BCUT2D eigenvalue weighted by Gasteiger charge is 2.24. The molecule has 0 spiro atoms. The Morgan fingerprint density at radius 2 is 1.90 bits per heavy atom. The normalized spacial score (nSPS) is 23.8. The van der Waals surface area contributed by atoms with Crippen molar-refractivity contribution in [3.8, 4) is 5.75 Å². The van der Waals surface area contributed by atoms with E-state index < -0.39 is 6.10 Å². The zero-order valence-corrected chi connectivity index (χ0v) is 12.8. The number of aliphatic hydroxyl groups excluding tert-OH is 2. The van der Waals surface area contributed by atoms with E-state index in [4.69, 9.17) is 9.84 Å². The second-order valence-electron chi connectivity index (χ2n) is 5.96. The minimum Gasteiger partial charge on any atom is -0.491 e. The Bertz CT molecular complexity index is 420. The minimum atomic E-state index is -0.431. The van der Waals surface area contributed by atoms with Crippen LogP contribution in [-0.2, 0) is 0 Å². The molecule has 0 saturated carbocycles. The first kappa shape index (κ1) is 16.2. The molecule has 0 unspecified atom stereocenters. The molecule has 5 nitrogen and oxygen atoms in total. The van der Waals surface area contributed by atoms with Crippen molar-refractivity contribution in [1.29, 1.82) is 0 Å². The molecule has 0 amide bonds. The molecule has 1 aromatic carbocycles. The summed E-state index contributed by atoms with van der Waals surface area (Å²) in [6, 6.07) is 7.90. The van der Waals surface area contributed by atoms with Crippen LogP contribution in [0.15, 0.2) is 24.3 Å². The van der Waals surface area contributed by atoms with E-state index in [9.17, 15) is 5.11 Å². The summed E-state index contributed by atoms with van der Waals surface area (Å²) in [6.07, 6.45) is -0.431. The first-order valence-corrected chi connectivity index (χ1v) is 7.83. The van der Waals surface area contributed by atoms with Crippen molar-refractivity contribution >= 4 is 0 Å². The van der Waals surface area contributed by atoms with Crippen molar-refractivity contribution in [2.24, 2.45) is 0 Å². The zero-order chi connectivity index (χ0) is 15.1. The maximum Gasteiger partial charge on any atom is 0.137 e. The standard InChI is InChI=1S/C16H26N2O3/c1-14-3-2-4-16(11-14)21-13-15(20)12-18-7-5-17(6-8-18)9-10-19/h2-4,11,15,19-20H,5-10,12-13H2,1H3/p+2/t15-/m1/s1. The number of benzene rings is 1. The molecule has 1 saturated heterocycles. The second-order valence-corrected chi connectivity index (χ2v) is 5.96. The molecule has 2 rings (SSSR count). The zero-order valence-electron chi connectivity index (χ0n) is 12.8. The van der Waals surface area contributed by atoms with Crippen LogP contribution < -0.4 is 14.5 Å². The Labute approximate surface area is 126 Å². The molecular formula is C16H28N2O3+2. The molecular weight excluding hydrogens is 268 g/mol. The van der Waals surface area contributed by atoms with E-state index in [0.29, 0.717) is 6.61 Å². The van der Waals surface area contributed by atoms with Gasteiger partial charge in [0.2, 0.25) is 0 Å². The number of aliphatic hydroxyl groups is 2. The summed E-state index contributed by atoms with van der Waals surface area (Å²) in [5, 5.41) is 19.1. The number of piperazine rings is 1. The van der Waals surface area contributed by atoms with E-state index in [1.165, 1.54) is 9.80 Å². The van der Waals surface area contributed by atoms with Gasteiger partial charge < -0.3 is 24.7 Å². The summed E-state index contributed by atoms with van der Waals surface area (Å²) in [7, 11) is 0. The molecule has 1 heterocycles. The lowest BCUT2D eigenvalue weighted by Crippen LogP contribution is -3.28. The van der Waals surface area contributed by atoms with Crippen molar-refractivity contribution in [3.05, 3.63) is 29.8 Å². The lowest BCUT2D eigenvalue weighted by molar-refractivity contribution is -1.01. The van der Waals surface area contributed by atoms with Gasteiger partial charge in [-0.15, -0.1) is 0 Å². The van der Waals surface area contributed by atoms with Gasteiger partial charge in [0, 0.05) is 0 Å². The first-order valence-electron chi connectivity index (χ1n) is 7.83. The Hall–Kier alpha value is -1.14. The number of nitrogens with one attached hydrogen (secondary N) is 2. The van der Waals surface area contributed by atoms with Crippen LogP contribution in [0, 0.1) is 6.92 Å². The van der Waals surface area contributed by atoms with Crippen molar-refractivity contribution in [3.63, 3.8) is 0 Å². The third-order valence-corrected chi connectivity index (χ3v) is 4.09. The van der Waals surface area contributed by atoms with Gasteiger partial charge in [-0.25, -0.2) is 0 Å². The third kappa shape index (κ3) is 5.63. The average Bonchev–Trinajstić information content (AvgIpc) is 2.48. The fraction of sp³-hybridized carbons (Fsp3) is 0.625. The highest BCUT2D eigenvalue weighted by Crippen LogP contribution is 2.12. The average molecular weight is 296 g/mol. The highest BCUT2D eigenvalue weighted by molar-refractivity contribution is 5.27. The summed E-state index contributed by atoms with van der Waals surface area (Å²) >= 11 is 0. The minimum absolute atomic E-state index is 0.262. The molecule has 0 radical (unpaired) electrons. The number of ether oxygens (including phenoxy) is 1. The SMILES string of the molecule is Cc1cccc(OC[C@H](O)C[NH+]2CC[NH+](CCO)CC2)c1. The van der Waals surface area contributed by atoms with Gasteiger partial charge >= 0.3 is 0 Å². The van der Waals surface area contributed by atoms with Crippen molar-refractivity contribution in [2.75, 3.05) is 52.5 Å². The van der Waals surface area contributed by atoms with Crippen LogP contribution in [-0.4, -0.2) is 68.8 Å². The highest BCUT2D eigenvalue weighted by atomic mass is 16.5. The Balaban J connectivity index is 1.67. The van der Waals surface area contributed by atoms with Crippen molar-refractivity contribution < 1.29 is 24.7 Å². The smallest absolute Gasteiger partial charge is 0.137 e. The summed E-state index contributed by atoms with van der Waals surface area (Å²) in [4.78, 5) is 2.89. The van der Waals surface area contributed by atoms with Crippen LogP contribution in [0.25, 0.3) is 0 Å². The van der Waals surface area contributed by atoms with Crippen molar-refractivity contribution in [2.45, 2.75) is 13.0 Å². The van der Waals surface area contributed by atoms with E-state index in [-0.39, 0.29) is 6.61 Å². The second kappa shape index (κ2) is 8.34. The summed E-state index contributed by atoms with van der Waals surface area (Å²) < 4.78 is 5.65. The predicted octanol–water partition coefficient (Wildman–Crippen LogP) is -2.49. The van der Waals surface area contributed by atoms with Crippen LogP contribution in [0.5, 0.6) is 5.75 Å². The molecule has 0 bridgehead atoms. The van der Waals surface area contributed by atoms with E-state index in [0.717, 1.165) is 50.6 Å². The molecule has 21 heavy (non-hydrogen) atoms. The van der Waals surface area contributed by atoms with Gasteiger partial charge in [-0.2, -0.15) is 0 Å². The fourth-order valence-corrected chi connectivity index (χ4v) is 2.86. The van der Waals surface area contributed by atoms with E-state index >= 15 is 0 Å². The Morgan fingerprint density at radius 3 is 2.57 bits per heavy atom. The van der Waals surface area contributed by atoms with Gasteiger partial charge in [0.05, 0.1) is 6.61 Å². The molecule has 0 aliphatic carbocycles. The molecule has 5 heteroatoms. The molecule has 118 valence electrons. The summed E-state index contributed by atoms with van der Waals surface area (Å²) in [6.45, 7) is 8.46. The topological polar surface area (TPSA) is 58.6 Å². The monoisotopic (exact) mass is 296 g/mol. The molecule has 0 aromatic heterocycles. The lowest BCUT2D eigenvalue weighted by atomic mass is 10.2. The number of hydrogen-bond donors (Lipinski definition) is 4. The third-order valence-electron chi connectivity index (χ3n) is 4.09. The van der Waals surface area contributed by atoms with Crippen molar-refractivity contribution in [1.82, 2.24) is 0 Å². The molecule has 1 aliphatic heterocycles. The quantitative estimate of drug-likeness (QED) is 0.450. The fourth-order valence-electron chi connectivity index (χ4n) is 2.86. The summed E-state index contributed by atoms with van der Waals surface area (Å²) in [5.74, 6) is 0.821. The van der Waals surface area contributed by atoms with Crippen LogP contribution in [0.4, 0.5) is 0 Å². The maximum atomic E-state index is 10.1. The molecule has 1 atom stereocenters. The maximum absolute atomic E-state index is 10.1. The van der Waals surface area contributed by atoms with Crippen LogP contribution in [0.3, 0.4) is 0 Å². The largest absolute Gasteiger partial charge is 0.491 e. The van der Waals surface area contributed by atoms with Gasteiger partial charge in [0.15, 0.2) is 0 Å². The Morgan fingerprint density at radius 1 is 1.19 bits per heavy atom. The molecule has 4 N–H and O–H groups in total. The van der Waals surface area contributed by atoms with Crippen LogP contribution in [0.2, 0.25) is 0 Å². The summed E-state index contributed by atoms with van der Waals surface area (Å²) in [5.41, 5.74) is 1.16. The van der Waals surface area contributed by atoms with Crippen LogP contribution >= 0.6 is 0 Å². The number of hydrogen-bond acceptors (Lipinski definition) is 3. The molecule has 1 aromatic rings. The van der Waals surface area contributed by atoms with Gasteiger partial charge in [0.1, 0.15) is 57.7 Å². The van der Waals surface area contributed by atoms with Crippen LogP contribution in [0.1, 0.15) is 5.56 Å². The number of rotatable bonds is 7.